The van der Waals surface area contributed by atoms with E-state index in [4.69, 9.17) is 19.0 Å². The van der Waals surface area contributed by atoms with Crippen LogP contribution in [0.3, 0.4) is 0 Å². The number of sulfonamides is 1. The van der Waals surface area contributed by atoms with Gasteiger partial charge in [-0.25, -0.2) is 23.1 Å². The number of rotatable bonds is 7. The first-order chi connectivity index (χ1) is 13.3. The Labute approximate surface area is 160 Å². The van der Waals surface area contributed by atoms with E-state index in [0.717, 1.165) is 6.07 Å². The van der Waals surface area contributed by atoms with Gasteiger partial charge in [-0.05, 0) is 36.8 Å². The average molecular weight is 406 g/mol. The number of benzene rings is 2. The molecule has 3 aromatic rings. The predicted molar refractivity (Wildman–Crippen MR) is 99.7 cm³/mol. The molecule has 0 aliphatic rings. The molecule has 0 amide bonds. The molecular weight excluding hydrogens is 388 g/mol. The maximum absolute atomic E-state index is 12.2. The summed E-state index contributed by atoms with van der Waals surface area (Å²) in [4.78, 5) is 23.8. The quantitative estimate of drug-likeness (QED) is 0.465. The highest BCUT2D eigenvalue weighted by Crippen LogP contribution is 2.24. The Balaban J connectivity index is 1.65. The summed E-state index contributed by atoms with van der Waals surface area (Å²) in [6, 6.07) is 10.8. The first-order valence-electron chi connectivity index (χ1n) is 8.27. The van der Waals surface area contributed by atoms with E-state index in [1.807, 2.05) is 0 Å². The van der Waals surface area contributed by atoms with Crippen LogP contribution in [0.2, 0.25) is 0 Å². The van der Waals surface area contributed by atoms with E-state index >= 15 is 0 Å². The van der Waals surface area contributed by atoms with E-state index in [9.17, 15) is 18.0 Å². The van der Waals surface area contributed by atoms with Crippen molar-refractivity contribution in [2.24, 2.45) is 5.14 Å². The number of hydrogen-bond acceptors (Lipinski definition) is 7. The lowest BCUT2D eigenvalue weighted by Crippen LogP contribution is -2.17. The van der Waals surface area contributed by atoms with Crippen LogP contribution in [0, 0.1) is 0 Å². The molecule has 28 heavy (non-hydrogen) atoms. The minimum Gasteiger partial charge on any atom is -0.495 e. The van der Waals surface area contributed by atoms with Crippen molar-refractivity contribution in [1.82, 2.24) is 4.57 Å². The number of esters is 1. The Morgan fingerprint density at radius 2 is 1.96 bits per heavy atom. The van der Waals surface area contributed by atoms with Crippen LogP contribution in [0.1, 0.15) is 16.8 Å². The highest BCUT2D eigenvalue weighted by molar-refractivity contribution is 7.89. The number of methoxy groups -OCH3 is 1. The molecule has 1 aromatic heterocycles. The number of nitrogens with two attached hydrogens (primary N) is 1. The normalized spacial score (nSPS) is 11.5. The second-order valence-corrected chi connectivity index (χ2v) is 7.42. The van der Waals surface area contributed by atoms with E-state index in [1.165, 1.54) is 23.8 Å². The van der Waals surface area contributed by atoms with E-state index in [1.54, 1.807) is 24.3 Å². The summed E-state index contributed by atoms with van der Waals surface area (Å²) in [6.45, 7) is 0.329. The predicted octanol–water partition coefficient (Wildman–Crippen LogP) is 1.50. The highest BCUT2D eigenvalue weighted by atomic mass is 32.2. The van der Waals surface area contributed by atoms with Crippen molar-refractivity contribution in [2.45, 2.75) is 17.9 Å². The standard InChI is InChI=1S/C18H18N2O7S/c1-25-15-8-7-12(11-16(15)28(19,23)24)17(21)26-10-4-9-20-13-5-2-3-6-14(13)27-18(20)22/h2-3,5-8,11H,4,9-10H2,1H3,(H2,19,23,24). The number of aromatic nitrogens is 1. The lowest BCUT2D eigenvalue weighted by atomic mass is 10.2. The molecule has 0 saturated heterocycles. The fraction of sp³-hybridized carbons (Fsp3) is 0.222. The van der Waals surface area contributed by atoms with Crippen molar-refractivity contribution >= 4 is 27.1 Å². The number of hydrogen-bond donors (Lipinski definition) is 1. The van der Waals surface area contributed by atoms with Crippen LogP contribution in [0.15, 0.2) is 56.6 Å². The summed E-state index contributed by atoms with van der Waals surface area (Å²) < 4.78 is 39.9. The molecule has 0 saturated carbocycles. The van der Waals surface area contributed by atoms with Crippen molar-refractivity contribution in [2.75, 3.05) is 13.7 Å². The van der Waals surface area contributed by atoms with Gasteiger partial charge in [0.15, 0.2) is 5.58 Å². The Bertz CT molecular complexity index is 1180. The van der Waals surface area contributed by atoms with Crippen molar-refractivity contribution in [3.8, 4) is 5.75 Å². The molecular formula is C18H18N2O7S. The smallest absolute Gasteiger partial charge is 0.419 e. The lowest BCUT2D eigenvalue weighted by molar-refractivity contribution is 0.0495. The minimum atomic E-state index is -4.06. The van der Waals surface area contributed by atoms with Gasteiger partial charge in [-0.1, -0.05) is 12.1 Å². The van der Waals surface area contributed by atoms with Gasteiger partial charge < -0.3 is 13.9 Å². The monoisotopic (exact) mass is 406 g/mol. The van der Waals surface area contributed by atoms with E-state index in [2.05, 4.69) is 0 Å². The van der Waals surface area contributed by atoms with Crippen LogP contribution in [-0.2, 0) is 21.3 Å². The molecule has 2 N–H and O–H groups in total. The maximum Gasteiger partial charge on any atom is 0.419 e. The lowest BCUT2D eigenvalue weighted by Gasteiger charge is -2.09. The third kappa shape index (κ3) is 4.07. The van der Waals surface area contributed by atoms with Crippen LogP contribution in [0.4, 0.5) is 0 Å². The number of primary sulfonamides is 1. The molecule has 0 radical (unpaired) electrons. The number of fused-ring (bicyclic) bond motifs is 1. The molecule has 0 bridgehead atoms. The van der Waals surface area contributed by atoms with Crippen LogP contribution < -0.4 is 15.6 Å². The third-order valence-electron chi connectivity index (χ3n) is 4.04. The molecule has 10 heteroatoms. The molecule has 0 unspecified atom stereocenters. The number of nitrogens with zero attached hydrogens (tertiary/aromatic N) is 1. The number of oxazole rings is 1. The van der Waals surface area contributed by atoms with Crippen LogP contribution in [0.5, 0.6) is 5.75 Å². The van der Waals surface area contributed by atoms with Crippen LogP contribution in [0.25, 0.3) is 11.1 Å². The number of aryl methyl sites for hydroxylation is 1. The van der Waals surface area contributed by atoms with Gasteiger partial charge >= 0.3 is 11.7 Å². The summed E-state index contributed by atoms with van der Waals surface area (Å²) in [7, 11) is -2.77. The highest BCUT2D eigenvalue weighted by Gasteiger charge is 2.18. The number of ether oxygens (including phenoxy) is 2. The Kier molecular flexibility index (Phi) is 5.52. The van der Waals surface area contributed by atoms with Crippen molar-refractivity contribution in [3.63, 3.8) is 0 Å². The van der Waals surface area contributed by atoms with E-state index in [-0.39, 0.29) is 22.8 Å². The number of para-hydroxylation sites is 2. The van der Waals surface area contributed by atoms with E-state index in [0.29, 0.717) is 24.1 Å². The molecule has 0 atom stereocenters. The molecule has 0 aliphatic heterocycles. The zero-order valence-corrected chi connectivity index (χ0v) is 15.8. The fourth-order valence-corrected chi connectivity index (χ4v) is 3.45. The Morgan fingerprint density at radius 3 is 2.68 bits per heavy atom. The fourth-order valence-electron chi connectivity index (χ4n) is 2.72. The molecule has 9 nitrogen and oxygen atoms in total. The third-order valence-corrected chi connectivity index (χ3v) is 4.97. The second-order valence-electron chi connectivity index (χ2n) is 5.89. The average Bonchev–Trinajstić information content (AvgIpc) is 2.99. The largest absolute Gasteiger partial charge is 0.495 e. The SMILES string of the molecule is COc1ccc(C(=O)OCCCn2c(=O)oc3ccccc32)cc1S(N)(=O)=O. The first kappa shape index (κ1) is 19.6. The van der Waals surface area contributed by atoms with Crippen molar-refractivity contribution in [3.05, 3.63) is 58.6 Å². The minimum absolute atomic E-state index is 0.0238. The Morgan fingerprint density at radius 1 is 1.21 bits per heavy atom. The topological polar surface area (TPSA) is 131 Å². The Hall–Kier alpha value is -3.11. The van der Waals surface area contributed by atoms with Gasteiger partial charge in [0.05, 0.1) is 24.8 Å². The summed E-state index contributed by atoms with van der Waals surface area (Å²) in [5.41, 5.74) is 1.17. The second kappa shape index (κ2) is 7.87. The maximum atomic E-state index is 12.2. The van der Waals surface area contributed by atoms with Gasteiger partial charge in [-0.15, -0.1) is 0 Å². The van der Waals surface area contributed by atoms with Gasteiger partial charge in [0, 0.05) is 6.54 Å². The van der Waals surface area contributed by atoms with Crippen LogP contribution >= 0.6 is 0 Å². The summed E-state index contributed by atoms with van der Waals surface area (Å²) in [6.07, 6.45) is 0.368. The molecule has 3 rings (SSSR count). The van der Waals surface area contributed by atoms with Crippen molar-refractivity contribution < 1.29 is 27.1 Å². The molecule has 148 valence electrons. The first-order valence-corrected chi connectivity index (χ1v) is 9.82. The van der Waals surface area contributed by atoms with Gasteiger partial charge in [0.25, 0.3) is 0 Å². The number of carbonyl (C=O) groups is 1. The number of carbonyl (C=O) groups excluding carboxylic acids is 1. The van der Waals surface area contributed by atoms with Crippen molar-refractivity contribution in [1.29, 1.82) is 0 Å². The summed E-state index contributed by atoms with van der Waals surface area (Å²) >= 11 is 0. The van der Waals surface area contributed by atoms with Gasteiger partial charge in [0.2, 0.25) is 10.0 Å². The van der Waals surface area contributed by atoms with Gasteiger partial charge in [0.1, 0.15) is 10.6 Å². The van der Waals surface area contributed by atoms with Gasteiger partial charge in [-0.2, -0.15) is 0 Å². The molecule has 2 aromatic carbocycles. The summed E-state index contributed by atoms with van der Waals surface area (Å²) in [5, 5.41) is 5.14. The zero-order chi connectivity index (χ0) is 20.3. The summed E-state index contributed by atoms with van der Waals surface area (Å²) in [5.74, 6) is -1.16. The van der Waals surface area contributed by atoms with E-state index < -0.39 is 21.7 Å². The van der Waals surface area contributed by atoms with Gasteiger partial charge in [-0.3, -0.25) is 4.57 Å². The molecule has 0 spiro atoms. The van der Waals surface area contributed by atoms with Crippen LogP contribution in [-0.4, -0.2) is 32.7 Å². The molecule has 0 aliphatic carbocycles. The zero-order valence-electron chi connectivity index (χ0n) is 15.0. The molecule has 0 fully saturated rings. The molecule has 1 heterocycles.